The number of unbranched alkanes of at least 4 members (excludes halogenated alkanes) is 3. The van der Waals surface area contributed by atoms with E-state index in [1.54, 1.807) is 31.0 Å². The zero-order chi connectivity index (χ0) is 19.6. The van der Waals surface area contributed by atoms with Crippen LogP contribution in [0.15, 0.2) is 38.4 Å². The lowest BCUT2D eigenvalue weighted by molar-refractivity contribution is -0.148. The van der Waals surface area contributed by atoms with Crippen molar-refractivity contribution in [1.82, 2.24) is 0 Å². The highest BCUT2D eigenvalue weighted by molar-refractivity contribution is 7.99. The molecule has 0 aliphatic carbocycles. The molecule has 0 spiro atoms. The summed E-state index contributed by atoms with van der Waals surface area (Å²) < 4.78 is 15.8. The molecule has 0 radical (unpaired) electrons. The van der Waals surface area contributed by atoms with E-state index in [0.29, 0.717) is 17.9 Å². The molecule has 0 aliphatic rings. The summed E-state index contributed by atoms with van der Waals surface area (Å²) >= 11 is 1.66. The van der Waals surface area contributed by atoms with Crippen LogP contribution in [0.25, 0.3) is 11.0 Å². The molecule has 1 atom stereocenters. The van der Waals surface area contributed by atoms with Crippen LogP contribution in [0.3, 0.4) is 0 Å². The van der Waals surface area contributed by atoms with Crippen molar-refractivity contribution in [2.75, 3.05) is 19.5 Å². The van der Waals surface area contributed by atoms with E-state index < -0.39 is 0 Å². The molecule has 0 saturated carbocycles. The highest BCUT2D eigenvalue weighted by atomic mass is 32.2. The Hall–Kier alpha value is -1.95. The maximum Gasteiger partial charge on any atom is 0.337 e. The Morgan fingerprint density at radius 2 is 2.00 bits per heavy atom. The van der Waals surface area contributed by atoms with Gasteiger partial charge < -0.3 is 13.9 Å². The number of thioether (sulfide) groups is 1. The van der Waals surface area contributed by atoms with E-state index >= 15 is 0 Å². The van der Waals surface area contributed by atoms with Crippen LogP contribution in [0.1, 0.15) is 46.0 Å². The SMILES string of the molecule is CCC(C)C(=O)OCCCCCCSc1cc(=O)oc2c(OC)cccc12. The molecule has 1 aromatic heterocycles. The quantitative estimate of drug-likeness (QED) is 0.231. The van der Waals surface area contributed by atoms with Crippen molar-refractivity contribution in [1.29, 1.82) is 0 Å². The smallest absolute Gasteiger partial charge is 0.337 e. The minimum absolute atomic E-state index is 0.0154. The summed E-state index contributed by atoms with van der Waals surface area (Å²) in [5, 5.41) is 0.899. The Balaban J connectivity index is 1.75. The van der Waals surface area contributed by atoms with Gasteiger partial charge in [0.2, 0.25) is 0 Å². The van der Waals surface area contributed by atoms with Crippen LogP contribution >= 0.6 is 11.8 Å². The first-order chi connectivity index (χ1) is 13.1. The van der Waals surface area contributed by atoms with E-state index in [1.807, 2.05) is 26.0 Å². The summed E-state index contributed by atoms with van der Waals surface area (Å²) in [6.07, 6.45) is 4.84. The second-order valence-corrected chi connectivity index (χ2v) is 7.64. The molecule has 2 aromatic rings. The minimum atomic E-state index is -0.363. The Labute approximate surface area is 164 Å². The van der Waals surface area contributed by atoms with E-state index in [0.717, 1.165) is 48.1 Å². The van der Waals surface area contributed by atoms with Crippen molar-refractivity contribution in [3.63, 3.8) is 0 Å². The summed E-state index contributed by atoms with van der Waals surface area (Å²) in [4.78, 5) is 24.3. The van der Waals surface area contributed by atoms with Gasteiger partial charge in [0.25, 0.3) is 0 Å². The highest BCUT2D eigenvalue weighted by Crippen LogP contribution is 2.32. The molecule has 1 unspecified atom stereocenters. The van der Waals surface area contributed by atoms with E-state index in [-0.39, 0.29) is 17.5 Å². The van der Waals surface area contributed by atoms with Crippen LogP contribution in [0.2, 0.25) is 0 Å². The molecule has 2 rings (SSSR count). The third kappa shape index (κ3) is 6.31. The lowest BCUT2D eigenvalue weighted by Gasteiger charge is -2.09. The molecular formula is C21H28O5S. The van der Waals surface area contributed by atoms with Gasteiger partial charge in [-0.2, -0.15) is 0 Å². The predicted molar refractivity (Wildman–Crippen MR) is 109 cm³/mol. The van der Waals surface area contributed by atoms with E-state index in [4.69, 9.17) is 13.9 Å². The summed E-state index contributed by atoms with van der Waals surface area (Å²) in [6.45, 7) is 4.38. The molecule has 1 heterocycles. The third-order valence-corrected chi connectivity index (χ3v) is 5.61. The number of carbonyl (C=O) groups is 1. The largest absolute Gasteiger partial charge is 0.493 e. The molecule has 0 amide bonds. The van der Waals surface area contributed by atoms with Gasteiger partial charge in [0.05, 0.1) is 19.6 Å². The maximum atomic E-state index is 11.8. The summed E-state index contributed by atoms with van der Waals surface area (Å²) in [5.41, 5.74) is 0.135. The minimum Gasteiger partial charge on any atom is -0.493 e. The Kier molecular flexibility index (Phi) is 8.72. The highest BCUT2D eigenvalue weighted by Gasteiger charge is 2.11. The van der Waals surface area contributed by atoms with Crippen LogP contribution in [-0.4, -0.2) is 25.4 Å². The number of benzene rings is 1. The van der Waals surface area contributed by atoms with Crippen LogP contribution < -0.4 is 10.4 Å². The molecule has 0 fully saturated rings. The molecule has 0 bridgehead atoms. The molecule has 27 heavy (non-hydrogen) atoms. The molecule has 0 aliphatic heterocycles. The Morgan fingerprint density at radius 3 is 2.74 bits per heavy atom. The predicted octanol–water partition coefficient (Wildman–Crippen LogP) is 5.04. The van der Waals surface area contributed by atoms with Gasteiger partial charge in [-0.1, -0.05) is 32.8 Å². The van der Waals surface area contributed by atoms with Crippen molar-refractivity contribution < 1.29 is 18.7 Å². The number of carbonyl (C=O) groups excluding carboxylic acids is 1. The van der Waals surface area contributed by atoms with Gasteiger partial charge in [0, 0.05) is 16.3 Å². The molecular weight excluding hydrogens is 364 g/mol. The summed E-state index contributed by atoms with van der Waals surface area (Å²) in [7, 11) is 1.56. The standard InChI is InChI=1S/C21H28O5S/c1-4-15(2)21(23)25-12-7-5-6-8-13-27-18-14-19(22)26-20-16(18)10-9-11-17(20)24-3/h9-11,14-15H,4-8,12-13H2,1-3H3. The fourth-order valence-corrected chi connectivity index (χ4v) is 3.70. The number of fused-ring (bicyclic) bond motifs is 1. The Bertz CT molecular complexity index is 799. The van der Waals surface area contributed by atoms with Gasteiger partial charge in [0.15, 0.2) is 11.3 Å². The first-order valence-electron chi connectivity index (χ1n) is 9.47. The average molecular weight is 393 g/mol. The summed E-state index contributed by atoms with van der Waals surface area (Å²) in [5.74, 6) is 1.37. The van der Waals surface area contributed by atoms with Crippen molar-refractivity contribution in [2.24, 2.45) is 5.92 Å². The van der Waals surface area contributed by atoms with Crippen molar-refractivity contribution in [3.8, 4) is 5.75 Å². The topological polar surface area (TPSA) is 65.7 Å². The van der Waals surface area contributed by atoms with Gasteiger partial charge >= 0.3 is 11.6 Å². The Morgan fingerprint density at radius 1 is 1.22 bits per heavy atom. The number of esters is 1. The molecule has 0 N–H and O–H groups in total. The number of hydrogen-bond donors (Lipinski definition) is 0. The van der Waals surface area contributed by atoms with E-state index in [1.165, 1.54) is 0 Å². The van der Waals surface area contributed by atoms with Crippen molar-refractivity contribution >= 4 is 28.7 Å². The lowest BCUT2D eigenvalue weighted by Crippen LogP contribution is -2.14. The molecule has 6 heteroatoms. The number of rotatable bonds is 11. The second-order valence-electron chi connectivity index (χ2n) is 6.51. The first kappa shape index (κ1) is 21.4. The number of methoxy groups -OCH3 is 1. The van der Waals surface area contributed by atoms with Crippen molar-refractivity contribution in [2.45, 2.75) is 50.8 Å². The molecule has 0 saturated heterocycles. The van der Waals surface area contributed by atoms with Crippen LogP contribution in [0.5, 0.6) is 5.75 Å². The van der Waals surface area contributed by atoms with Crippen LogP contribution in [0.4, 0.5) is 0 Å². The number of para-hydroxylation sites is 1. The molecule has 1 aromatic carbocycles. The van der Waals surface area contributed by atoms with Gasteiger partial charge in [-0.15, -0.1) is 11.8 Å². The number of hydrogen-bond acceptors (Lipinski definition) is 6. The van der Waals surface area contributed by atoms with E-state index in [9.17, 15) is 9.59 Å². The average Bonchev–Trinajstić information content (AvgIpc) is 2.68. The lowest BCUT2D eigenvalue weighted by atomic mass is 10.1. The monoisotopic (exact) mass is 392 g/mol. The van der Waals surface area contributed by atoms with Gasteiger partial charge in [-0.25, -0.2) is 4.79 Å². The van der Waals surface area contributed by atoms with Crippen molar-refractivity contribution in [3.05, 3.63) is 34.7 Å². The zero-order valence-electron chi connectivity index (χ0n) is 16.3. The second kappa shape index (κ2) is 11.0. The fourth-order valence-electron chi connectivity index (χ4n) is 2.63. The third-order valence-electron chi connectivity index (χ3n) is 4.47. The molecule has 148 valence electrons. The van der Waals surface area contributed by atoms with Gasteiger partial charge in [0.1, 0.15) is 0 Å². The zero-order valence-corrected chi connectivity index (χ0v) is 17.1. The fraction of sp³-hybridized carbons (Fsp3) is 0.524. The maximum absolute atomic E-state index is 11.8. The first-order valence-corrected chi connectivity index (χ1v) is 10.5. The normalized spacial score (nSPS) is 12.1. The summed E-state index contributed by atoms with van der Waals surface area (Å²) in [6, 6.07) is 7.16. The van der Waals surface area contributed by atoms with Crippen LogP contribution in [0, 0.1) is 5.92 Å². The molecule has 5 nitrogen and oxygen atoms in total. The van der Waals surface area contributed by atoms with E-state index in [2.05, 4.69) is 0 Å². The van der Waals surface area contributed by atoms with Crippen LogP contribution in [-0.2, 0) is 9.53 Å². The van der Waals surface area contributed by atoms with Gasteiger partial charge in [-0.05, 0) is 37.1 Å². The van der Waals surface area contributed by atoms with Gasteiger partial charge in [-0.3, -0.25) is 4.79 Å². The number of ether oxygens (including phenoxy) is 2.